The second kappa shape index (κ2) is 4.81. The number of nitrogens with zero attached hydrogens (tertiary/aromatic N) is 2. The molecule has 0 spiro atoms. The Balaban J connectivity index is 2.71. The fourth-order valence-corrected chi connectivity index (χ4v) is 2.02. The van der Waals surface area contributed by atoms with Crippen molar-refractivity contribution in [3.8, 4) is 0 Å². The summed E-state index contributed by atoms with van der Waals surface area (Å²) in [6.45, 7) is 0. The number of aromatic nitrogens is 1. The van der Waals surface area contributed by atoms with E-state index in [2.05, 4.69) is 4.98 Å². The van der Waals surface area contributed by atoms with E-state index in [-0.39, 0.29) is 5.69 Å². The first-order chi connectivity index (χ1) is 10.3. The van der Waals surface area contributed by atoms with Gasteiger partial charge >= 0.3 is 23.7 Å². The number of anilines is 1. The summed E-state index contributed by atoms with van der Waals surface area (Å²) < 4.78 is 107. The van der Waals surface area contributed by atoms with Crippen LogP contribution < -0.4 is 4.90 Å². The van der Waals surface area contributed by atoms with Crippen LogP contribution in [0.2, 0.25) is 0 Å². The fourth-order valence-electron chi connectivity index (χ4n) is 2.02. The van der Waals surface area contributed by atoms with Gasteiger partial charge in [0.15, 0.2) is 0 Å². The predicted octanol–water partition coefficient (Wildman–Crippen LogP) is 4.09. The molecule has 0 aromatic carbocycles. The molecule has 0 fully saturated rings. The number of halogens is 8. The molecular formula is C13H10F8N2. The molecule has 0 N–H and O–H groups in total. The number of rotatable bonds is 2. The molecule has 0 unspecified atom stereocenters. The van der Waals surface area contributed by atoms with Gasteiger partial charge in [-0.3, -0.25) is 4.98 Å². The van der Waals surface area contributed by atoms with Crippen LogP contribution in [0.4, 0.5) is 40.8 Å². The molecule has 23 heavy (non-hydrogen) atoms. The zero-order chi connectivity index (χ0) is 17.8. The van der Waals surface area contributed by atoms with E-state index in [0.29, 0.717) is 0 Å². The number of pyridine rings is 1. The van der Waals surface area contributed by atoms with Crippen LogP contribution in [0.25, 0.3) is 5.57 Å². The SMILES string of the molecule is CN(C)c1ccnc(C2=CC(F)(F)C(F)(F)C(F)(F)C2(F)F)c1. The van der Waals surface area contributed by atoms with Gasteiger partial charge in [0.05, 0.1) is 11.3 Å². The quantitative estimate of drug-likeness (QED) is 0.750. The minimum absolute atomic E-state index is 0.190. The Morgan fingerprint density at radius 3 is 2.00 bits per heavy atom. The van der Waals surface area contributed by atoms with Crippen molar-refractivity contribution in [2.45, 2.75) is 23.7 Å². The monoisotopic (exact) mass is 346 g/mol. The van der Waals surface area contributed by atoms with Crippen LogP contribution in [-0.2, 0) is 0 Å². The molecular weight excluding hydrogens is 336 g/mol. The van der Waals surface area contributed by atoms with E-state index in [1.165, 1.54) is 25.1 Å². The van der Waals surface area contributed by atoms with Crippen LogP contribution in [0.15, 0.2) is 24.4 Å². The van der Waals surface area contributed by atoms with Crippen molar-refractivity contribution in [3.05, 3.63) is 30.1 Å². The standard InChI is InChI=1S/C13H10F8N2/c1-23(2)7-3-4-22-9(5-7)8-6-10(14,15)12(18,19)13(20,21)11(8,16)17/h3-6H,1-2H3. The largest absolute Gasteiger partial charge is 0.382 e. The Morgan fingerprint density at radius 1 is 0.913 bits per heavy atom. The Kier molecular flexibility index (Phi) is 3.66. The van der Waals surface area contributed by atoms with E-state index in [1.807, 2.05) is 0 Å². The van der Waals surface area contributed by atoms with Crippen molar-refractivity contribution in [2.75, 3.05) is 19.0 Å². The van der Waals surface area contributed by atoms with Crippen molar-refractivity contribution < 1.29 is 35.1 Å². The lowest BCUT2D eigenvalue weighted by Gasteiger charge is -2.40. The van der Waals surface area contributed by atoms with E-state index in [1.54, 1.807) is 0 Å². The van der Waals surface area contributed by atoms with Crippen molar-refractivity contribution in [1.82, 2.24) is 4.98 Å². The molecule has 0 saturated heterocycles. The molecule has 0 saturated carbocycles. The highest BCUT2D eigenvalue weighted by Gasteiger charge is 2.83. The van der Waals surface area contributed by atoms with E-state index in [4.69, 9.17) is 0 Å². The second-order valence-electron chi connectivity index (χ2n) is 5.20. The second-order valence-corrected chi connectivity index (χ2v) is 5.20. The molecule has 1 aliphatic carbocycles. The van der Waals surface area contributed by atoms with Gasteiger partial charge in [0, 0.05) is 32.1 Å². The smallest absolute Gasteiger partial charge is 0.378 e. The maximum absolute atomic E-state index is 13.8. The zero-order valence-electron chi connectivity index (χ0n) is 11.7. The van der Waals surface area contributed by atoms with Crippen molar-refractivity contribution in [3.63, 3.8) is 0 Å². The maximum atomic E-state index is 13.8. The van der Waals surface area contributed by atoms with Crippen LogP contribution in [0.3, 0.4) is 0 Å². The summed E-state index contributed by atoms with van der Waals surface area (Å²) in [6.07, 6.45) is 0.0802. The minimum Gasteiger partial charge on any atom is -0.378 e. The lowest BCUT2D eigenvalue weighted by atomic mass is 9.84. The highest BCUT2D eigenvalue weighted by atomic mass is 19.4. The normalized spacial score (nSPS) is 24.0. The number of alkyl halides is 8. The van der Waals surface area contributed by atoms with E-state index >= 15 is 0 Å². The average Bonchev–Trinajstić information content (AvgIpc) is 2.43. The molecule has 0 amide bonds. The molecule has 0 aliphatic heterocycles. The van der Waals surface area contributed by atoms with Crippen molar-refractivity contribution in [1.29, 1.82) is 0 Å². The molecule has 10 heteroatoms. The molecule has 1 aromatic heterocycles. The summed E-state index contributed by atoms with van der Waals surface area (Å²) in [5, 5.41) is 0. The Labute approximate surface area is 125 Å². The lowest BCUT2D eigenvalue weighted by molar-refractivity contribution is -0.348. The van der Waals surface area contributed by atoms with E-state index < -0.39 is 41.0 Å². The third-order valence-corrected chi connectivity index (χ3v) is 3.41. The van der Waals surface area contributed by atoms with Gasteiger partial charge in [-0.1, -0.05) is 0 Å². The molecule has 1 aromatic rings. The summed E-state index contributed by atoms with van der Waals surface area (Å²) in [5.74, 6) is -23.5. The molecule has 2 nitrogen and oxygen atoms in total. The van der Waals surface area contributed by atoms with Crippen molar-refractivity contribution >= 4 is 11.3 Å². The summed E-state index contributed by atoms with van der Waals surface area (Å²) in [6, 6.07) is 2.13. The van der Waals surface area contributed by atoms with Crippen LogP contribution in [0.5, 0.6) is 0 Å². The molecule has 1 aliphatic rings. The molecule has 0 radical (unpaired) electrons. The van der Waals surface area contributed by atoms with Gasteiger partial charge in [0.1, 0.15) is 0 Å². The predicted molar refractivity (Wildman–Crippen MR) is 66.3 cm³/mol. The first kappa shape index (κ1) is 17.5. The van der Waals surface area contributed by atoms with Gasteiger partial charge in [0.2, 0.25) is 0 Å². The maximum Gasteiger partial charge on any atom is 0.382 e. The highest BCUT2D eigenvalue weighted by Crippen LogP contribution is 2.60. The summed E-state index contributed by atoms with van der Waals surface area (Å²) in [5.41, 5.74) is -2.69. The van der Waals surface area contributed by atoms with Crippen LogP contribution >= 0.6 is 0 Å². The van der Waals surface area contributed by atoms with Gasteiger partial charge < -0.3 is 4.90 Å². The average molecular weight is 346 g/mol. The third-order valence-electron chi connectivity index (χ3n) is 3.41. The molecule has 2 rings (SSSR count). The molecule has 1 heterocycles. The van der Waals surface area contributed by atoms with E-state index in [0.717, 1.165) is 12.3 Å². The summed E-state index contributed by atoms with van der Waals surface area (Å²) in [4.78, 5) is 4.71. The first-order valence-corrected chi connectivity index (χ1v) is 6.14. The first-order valence-electron chi connectivity index (χ1n) is 6.14. The lowest BCUT2D eigenvalue weighted by Crippen LogP contribution is -2.65. The third kappa shape index (κ3) is 2.26. The Morgan fingerprint density at radius 2 is 1.48 bits per heavy atom. The number of hydrogen-bond donors (Lipinski definition) is 0. The molecule has 128 valence electrons. The summed E-state index contributed by atoms with van der Waals surface area (Å²) >= 11 is 0. The fraction of sp³-hybridized carbons (Fsp3) is 0.462. The Bertz CT molecular complexity index is 651. The van der Waals surface area contributed by atoms with Gasteiger partial charge in [-0.05, 0) is 12.1 Å². The van der Waals surface area contributed by atoms with Gasteiger partial charge in [-0.2, -0.15) is 35.1 Å². The topological polar surface area (TPSA) is 16.1 Å². The number of hydrogen-bond acceptors (Lipinski definition) is 2. The number of allylic oxidation sites excluding steroid dienone is 2. The molecule has 0 atom stereocenters. The Hall–Kier alpha value is -1.87. The zero-order valence-corrected chi connectivity index (χ0v) is 11.7. The molecule has 0 bridgehead atoms. The van der Waals surface area contributed by atoms with Gasteiger partial charge in [-0.25, -0.2) is 0 Å². The summed E-state index contributed by atoms with van der Waals surface area (Å²) in [7, 11) is 2.95. The van der Waals surface area contributed by atoms with Gasteiger partial charge in [-0.15, -0.1) is 0 Å². The van der Waals surface area contributed by atoms with Crippen LogP contribution in [0.1, 0.15) is 5.69 Å². The van der Waals surface area contributed by atoms with Crippen LogP contribution in [0, 0.1) is 0 Å². The van der Waals surface area contributed by atoms with Crippen molar-refractivity contribution in [2.24, 2.45) is 0 Å². The highest BCUT2D eigenvalue weighted by molar-refractivity contribution is 5.74. The minimum atomic E-state index is -6.27. The van der Waals surface area contributed by atoms with Crippen LogP contribution in [-0.4, -0.2) is 42.8 Å². The van der Waals surface area contributed by atoms with E-state index in [9.17, 15) is 35.1 Å². The van der Waals surface area contributed by atoms with Gasteiger partial charge in [0.25, 0.3) is 0 Å².